The van der Waals surface area contributed by atoms with Gasteiger partial charge in [0.15, 0.2) is 6.54 Å². The van der Waals surface area contributed by atoms with Crippen LogP contribution in [0.5, 0.6) is 0 Å². The summed E-state index contributed by atoms with van der Waals surface area (Å²) in [6.07, 6.45) is 0. The number of nitrogens with two attached hydrogens (primary N) is 2. The largest absolute Gasteiger partial charge is 0.366 e. The monoisotopic (exact) mass is 250 g/mol. The van der Waals surface area contributed by atoms with Gasteiger partial charge in [-0.25, -0.2) is 0 Å². The number of rotatable bonds is 4. The summed E-state index contributed by atoms with van der Waals surface area (Å²) < 4.78 is 0. The van der Waals surface area contributed by atoms with Crippen molar-refractivity contribution in [3.63, 3.8) is 0 Å². The third-order valence-corrected chi connectivity index (χ3v) is 2.37. The van der Waals surface area contributed by atoms with E-state index in [2.05, 4.69) is 5.32 Å². The molecule has 5 nitrogen and oxygen atoms in total. The van der Waals surface area contributed by atoms with Crippen LogP contribution in [0.15, 0.2) is 24.3 Å². The second-order valence-electron chi connectivity index (χ2n) is 5.23. The molecule has 0 saturated carbocycles. The lowest BCUT2D eigenvalue weighted by Gasteiger charge is -2.16. The van der Waals surface area contributed by atoms with Crippen molar-refractivity contribution >= 4 is 17.5 Å². The van der Waals surface area contributed by atoms with Crippen LogP contribution in [0.1, 0.15) is 31.1 Å². The van der Waals surface area contributed by atoms with Crippen LogP contribution in [0.2, 0.25) is 0 Å². The molecule has 0 unspecified atom stereocenters. The number of hydrogen-bond donors (Lipinski definition) is 3. The van der Waals surface area contributed by atoms with E-state index < -0.39 is 5.91 Å². The highest BCUT2D eigenvalue weighted by Gasteiger charge is 2.16. The fourth-order valence-corrected chi connectivity index (χ4v) is 1.41. The molecular formula is C13H20N3O2+. The van der Waals surface area contributed by atoms with Gasteiger partial charge < -0.3 is 16.4 Å². The lowest BCUT2D eigenvalue weighted by molar-refractivity contribution is -0.707. The number of quaternary nitrogens is 1. The van der Waals surface area contributed by atoms with E-state index in [4.69, 9.17) is 5.73 Å². The molecule has 1 aromatic rings. The maximum absolute atomic E-state index is 11.7. The van der Waals surface area contributed by atoms with Gasteiger partial charge >= 0.3 is 0 Å². The lowest BCUT2D eigenvalue weighted by Crippen LogP contribution is -2.95. The molecule has 5 N–H and O–H groups in total. The van der Waals surface area contributed by atoms with E-state index in [0.717, 1.165) is 0 Å². The zero-order chi connectivity index (χ0) is 13.8. The number of anilines is 1. The minimum atomic E-state index is -0.550. The quantitative estimate of drug-likeness (QED) is 0.707. The number of benzene rings is 1. The minimum absolute atomic E-state index is 0.0133. The van der Waals surface area contributed by atoms with Crippen LogP contribution in [-0.2, 0) is 4.79 Å². The molecule has 0 radical (unpaired) electrons. The van der Waals surface area contributed by atoms with E-state index in [0.29, 0.717) is 17.8 Å². The Morgan fingerprint density at radius 2 is 1.89 bits per heavy atom. The maximum Gasteiger partial charge on any atom is 0.279 e. The zero-order valence-corrected chi connectivity index (χ0v) is 11.0. The van der Waals surface area contributed by atoms with Crippen molar-refractivity contribution in [2.75, 3.05) is 11.9 Å². The normalized spacial score (nSPS) is 11.1. The third-order valence-electron chi connectivity index (χ3n) is 2.37. The molecule has 0 bridgehead atoms. The number of hydrogen-bond acceptors (Lipinski definition) is 2. The molecule has 5 heteroatoms. The lowest BCUT2D eigenvalue weighted by atomic mass is 10.1. The van der Waals surface area contributed by atoms with Gasteiger partial charge in [-0.1, -0.05) is 12.1 Å². The number of primary amides is 1. The molecule has 0 spiro atoms. The third kappa shape index (κ3) is 4.55. The van der Waals surface area contributed by atoms with Gasteiger partial charge in [-0.2, -0.15) is 0 Å². The fourth-order valence-electron chi connectivity index (χ4n) is 1.41. The molecule has 2 amide bonds. The van der Waals surface area contributed by atoms with Crippen LogP contribution in [-0.4, -0.2) is 23.9 Å². The average Bonchev–Trinajstić information content (AvgIpc) is 2.26. The van der Waals surface area contributed by atoms with Crippen LogP contribution in [0.25, 0.3) is 0 Å². The Hall–Kier alpha value is -1.88. The van der Waals surface area contributed by atoms with Gasteiger partial charge in [-0.3, -0.25) is 9.59 Å². The van der Waals surface area contributed by atoms with E-state index in [1.807, 2.05) is 26.1 Å². The van der Waals surface area contributed by atoms with Crippen LogP contribution >= 0.6 is 0 Å². The summed E-state index contributed by atoms with van der Waals surface area (Å²) in [5.74, 6) is -0.704. The molecule has 18 heavy (non-hydrogen) atoms. The topological polar surface area (TPSA) is 88.8 Å². The predicted octanol–water partition coefficient (Wildman–Crippen LogP) is 0.0859. The molecule has 0 aromatic heterocycles. The molecule has 0 saturated heterocycles. The Balaban J connectivity index is 2.68. The number of carbonyl (C=O) groups is 2. The summed E-state index contributed by atoms with van der Waals surface area (Å²) in [6, 6.07) is 6.70. The minimum Gasteiger partial charge on any atom is -0.366 e. The molecule has 98 valence electrons. The van der Waals surface area contributed by atoms with Gasteiger partial charge in [-0.15, -0.1) is 0 Å². The standard InChI is InChI=1S/C13H19N3O2/c1-13(2,3)15-8-11(17)16-10-7-5-4-6-9(10)12(14)18/h4-7,15H,8H2,1-3H3,(H2,14,18)(H,16,17)/p+1. The van der Waals surface area contributed by atoms with Crippen molar-refractivity contribution in [3.05, 3.63) is 29.8 Å². The molecule has 0 aliphatic carbocycles. The van der Waals surface area contributed by atoms with E-state index in [1.54, 1.807) is 24.3 Å². The SMILES string of the molecule is CC(C)(C)[NH2+]CC(=O)Nc1ccccc1C(N)=O. The number of nitrogens with one attached hydrogen (secondary N) is 1. The van der Waals surface area contributed by atoms with E-state index >= 15 is 0 Å². The molecular weight excluding hydrogens is 230 g/mol. The predicted molar refractivity (Wildman–Crippen MR) is 70.1 cm³/mol. The van der Waals surface area contributed by atoms with Crippen LogP contribution < -0.4 is 16.4 Å². The zero-order valence-electron chi connectivity index (χ0n) is 11.0. The van der Waals surface area contributed by atoms with Crippen molar-refractivity contribution in [3.8, 4) is 0 Å². The summed E-state index contributed by atoms with van der Waals surface area (Å²) in [4.78, 5) is 22.9. The van der Waals surface area contributed by atoms with Crippen LogP contribution in [0.3, 0.4) is 0 Å². The summed E-state index contributed by atoms with van der Waals surface area (Å²) in [5, 5.41) is 4.62. The van der Waals surface area contributed by atoms with Crippen molar-refractivity contribution in [2.45, 2.75) is 26.3 Å². The summed E-state index contributed by atoms with van der Waals surface area (Å²) in [7, 11) is 0. The Kier molecular flexibility index (Phi) is 4.44. The summed E-state index contributed by atoms with van der Waals surface area (Å²) in [5.41, 5.74) is 6.00. The average molecular weight is 250 g/mol. The molecule has 1 rings (SSSR count). The van der Waals surface area contributed by atoms with Crippen LogP contribution in [0, 0.1) is 0 Å². The Bertz CT molecular complexity index is 450. The van der Waals surface area contributed by atoms with Crippen molar-refractivity contribution in [1.82, 2.24) is 0 Å². The highest BCUT2D eigenvalue weighted by Crippen LogP contribution is 2.13. The van der Waals surface area contributed by atoms with Crippen LogP contribution in [0.4, 0.5) is 5.69 Å². The molecule has 0 fully saturated rings. The summed E-state index contributed by atoms with van der Waals surface area (Å²) >= 11 is 0. The number of amides is 2. The van der Waals surface area contributed by atoms with E-state index in [-0.39, 0.29) is 11.4 Å². The second-order valence-corrected chi connectivity index (χ2v) is 5.23. The van der Waals surface area contributed by atoms with E-state index in [1.165, 1.54) is 0 Å². The first-order valence-corrected chi connectivity index (χ1v) is 5.82. The summed E-state index contributed by atoms with van der Waals surface area (Å²) in [6.45, 7) is 6.38. The van der Waals surface area contributed by atoms with Gasteiger partial charge in [0.25, 0.3) is 11.8 Å². The number of carbonyl (C=O) groups excluding carboxylic acids is 2. The van der Waals surface area contributed by atoms with Crippen molar-refractivity contribution in [2.24, 2.45) is 5.73 Å². The highest BCUT2D eigenvalue weighted by molar-refractivity contribution is 6.03. The first-order valence-electron chi connectivity index (χ1n) is 5.82. The van der Waals surface area contributed by atoms with E-state index in [9.17, 15) is 9.59 Å². The Labute approximate surface area is 107 Å². The molecule has 1 aromatic carbocycles. The molecule has 0 aliphatic rings. The van der Waals surface area contributed by atoms with Gasteiger partial charge in [0.1, 0.15) is 0 Å². The van der Waals surface area contributed by atoms with Gasteiger partial charge in [0.2, 0.25) is 0 Å². The van der Waals surface area contributed by atoms with Crippen molar-refractivity contribution in [1.29, 1.82) is 0 Å². The maximum atomic E-state index is 11.7. The highest BCUT2D eigenvalue weighted by atomic mass is 16.2. The van der Waals surface area contributed by atoms with Crippen molar-refractivity contribution < 1.29 is 14.9 Å². The van der Waals surface area contributed by atoms with Gasteiger partial charge in [-0.05, 0) is 32.9 Å². The van der Waals surface area contributed by atoms with Gasteiger partial charge in [0, 0.05) is 0 Å². The first-order chi connectivity index (χ1) is 8.29. The molecule has 0 heterocycles. The molecule has 0 aliphatic heterocycles. The smallest absolute Gasteiger partial charge is 0.279 e. The Morgan fingerprint density at radius 3 is 2.44 bits per heavy atom. The molecule has 0 atom stereocenters. The fraction of sp³-hybridized carbons (Fsp3) is 0.385. The second kappa shape index (κ2) is 5.64. The van der Waals surface area contributed by atoms with Gasteiger partial charge in [0.05, 0.1) is 16.8 Å². The first kappa shape index (κ1) is 14.2. The Morgan fingerprint density at radius 1 is 1.28 bits per heavy atom. The number of para-hydroxylation sites is 1.